The molecule has 1 aliphatic carbocycles. The minimum Gasteiger partial charge on any atom is -0.360 e. The SMILES string of the molecule is O=C(Nc1ccc(-c2cn3cccnc3n2)cc1)c1cc(C2CC2)on1. The fraction of sp³-hybridized carbons (Fsp3) is 0.158. The quantitative estimate of drug-likeness (QED) is 0.612. The molecule has 0 atom stereocenters. The fourth-order valence-corrected chi connectivity index (χ4v) is 2.85. The van der Waals surface area contributed by atoms with Gasteiger partial charge in [-0.3, -0.25) is 9.20 Å². The minimum absolute atomic E-state index is 0.273. The molecule has 1 aromatic carbocycles. The number of aromatic nitrogens is 4. The number of hydrogen-bond donors (Lipinski definition) is 1. The van der Waals surface area contributed by atoms with E-state index in [0.717, 1.165) is 29.9 Å². The average Bonchev–Trinajstić information content (AvgIpc) is 3.23. The lowest BCUT2D eigenvalue weighted by molar-refractivity contribution is 0.101. The molecule has 26 heavy (non-hydrogen) atoms. The number of carbonyl (C=O) groups is 1. The molecule has 4 aromatic rings. The summed E-state index contributed by atoms with van der Waals surface area (Å²) in [4.78, 5) is 21.0. The van der Waals surface area contributed by atoms with Gasteiger partial charge in [0.25, 0.3) is 5.91 Å². The van der Waals surface area contributed by atoms with Crippen molar-refractivity contribution in [1.82, 2.24) is 19.5 Å². The van der Waals surface area contributed by atoms with Crippen LogP contribution >= 0.6 is 0 Å². The summed E-state index contributed by atoms with van der Waals surface area (Å²) in [7, 11) is 0. The third kappa shape index (κ3) is 2.73. The molecule has 0 spiro atoms. The molecule has 7 nitrogen and oxygen atoms in total. The first-order chi connectivity index (χ1) is 12.8. The second-order valence-electron chi connectivity index (χ2n) is 6.37. The lowest BCUT2D eigenvalue weighted by Crippen LogP contribution is -2.12. The summed E-state index contributed by atoms with van der Waals surface area (Å²) in [5.74, 6) is 1.61. The number of imidazole rings is 1. The predicted octanol–water partition coefficient (Wildman–Crippen LogP) is 3.51. The maximum absolute atomic E-state index is 12.3. The Hall–Kier alpha value is -3.48. The van der Waals surface area contributed by atoms with Crippen LogP contribution < -0.4 is 5.32 Å². The van der Waals surface area contributed by atoms with E-state index in [1.54, 1.807) is 12.3 Å². The van der Waals surface area contributed by atoms with Crippen molar-refractivity contribution in [3.8, 4) is 11.3 Å². The fourth-order valence-electron chi connectivity index (χ4n) is 2.85. The van der Waals surface area contributed by atoms with E-state index in [1.807, 2.05) is 47.1 Å². The van der Waals surface area contributed by atoms with Crippen LogP contribution in [0.5, 0.6) is 0 Å². The largest absolute Gasteiger partial charge is 0.360 e. The highest BCUT2D eigenvalue weighted by atomic mass is 16.5. The molecular formula is C19H15N5O2. The molecule has 0 aliphatic heterocycles. The second-order valence-corrected chi connectivity index (χ2v) is 6.37. The molecule has 1 N–H and O–H groups in total. The van der Waals surface area contributed by atoms with Crippen molar-refractivity contribution in [2.24, 2.45) is 0 Å². The van der Waals surface area contributed by atoms with E-state index in [2.05, 4.69) is 20.4 Å². The van der Waals surface area contributed by atoms with E-state index in [4.69, 9.17) is 4.52 Å². The Morgan fingerprint density at radius 1 is 1.23 bits per heavy atom. The van der Waals surface area contributed by atoms with Crippen molar-refractivity contribution in [3.63, 3.8) is 0 Å². The summed E-state index contributed by atoms with van der Waals surface area (Å²) in [6.07, 6.45) is 7.75. The van der Waals surface area contributed by atoms with Gasteiger partial charge >= 0.3 is 0 Å². The van der Waals surface area contributed by atoms with Crippen LogP contribution in [0, 0.1) is 0 Å². The Balaban J connectivity index is 1.33. The molecule has 1 aliphatic rings. The van der Waals surface area contributed by atoms with Gasteiger partial charge in [0.1, 0.15) is 5.76 Å². The number of nitrogens with zero attached hydrogens (tertiary/aromatic N) is 4. The van der Waals surface area contributed by atoms with E-state index in [9.17, 15) is 4.79 Å². The van der Waals surface area contributed by atoms with Gasteiger partial charge in [-0.05, 0) is 31.0 Å². The lowest BCUT2D eigenvalue weighted by atomic mass is 10.1. The smallest absolute Gasteiger partial charge is 0.277 e. The maximum Gasteiger partial charge on any atom is 0.277 e. The summed E-state index contributed by atoms with van der Waals surface area (Å²) in [6, 6.07) is 11.1. The number of rotatable bonds is 4. The van der Waals surface area contributed by atoms with E-state index in [-0.39, 0.29) is 5.91 Å². The van der Waals surface area contributed by atoms with Crippen LogP contribution in [0.4, 0.5) is 5.69 Å². The van der Waals surface area contributed by atoms with E-state index in [1.165, 1.54) is 0 Å². The van der Waals surface area contributed by atoms with Crippen molar-refractivity contribution in [1.29, 1.82) is 0 Å². The number of amides is 1. The Morgan fingerprint density at radius 2 is 2.08 bits per heavy atom. The Morgan fingerprint density at radius 3 is 2.85 bits per heavy atom. The summed E-state index contributed by atoms with van der Waals surface area (Å²) >= 11 is 0. The average molecular weight is 345 g/mol. The third-order valence-electron chi connectivity index (χ3n) is 4.41. The molecule has 0 radical (unpaired) electrons. The molecule has 0 unspecified atom stereocenters. The molecule has 3 heterocycles. The van der Waals surface area contributed by atoms with E-state index in [0.29, 0.717) is 23.1 Å². The van der Waals surface area contributed by atoms with Gasteiger partial charge in [-0.1, -0.05) is 17.3 Å². The van der Waals surface area contributed by atoms with Crippen LogP contribution in [0.3, 0.4) is 0 Å². The topological polar surface area (TPSA) is 85.3 Å². The van der Waals surface area contributed by atoms with Crippen LogP contribution in [0.25, 0.3) is 17.0 Å². The first kappa shape index (κ1) is 14.8. The molecule has 7 heteroatoms. The first-order valence-electron chi connectivity index (χ1n) is 8.44. The van der Waals surface area contributed by atoms with E-state index < -0.39 is 0 Å². The van der Waals surface area contributed by atoms with Crippen LogP contribution in [0.2, 0.25) is 0 Å². The number of carbonyl (C=O) groups excluding carboxylic acids is 1. The number of benzene rings is 1. The van der Waals surface area contributed by atoms with Crippen molar-refractivity contribution >= 4 is 17.4 Å². The highest BCUT2D eigenvalue weighted by molar-refractivity contribution is 6.02. The summed E-state index contributed by atoms with van der Waals surface area (Å²) in [6.45, 7) is 0. The minimum atomic E-state index is -0.273. The Labute approximate surface area is 148 Å². The van der Waals surface area contributed by atoms with Crippen LogP contribution in [0.1, 0.15) is 35.0 Å². The number of anilines is 1. The summed E-state index contributed by atoms with van der Waals surface area (Å²) in [5.41, 5.74) is 2.78. The van der Waals surface area contributed by atoms with Gasteiger partial charge in [-0.15, -0.1) is 0 Å². The van der Waals surface area contributed by atoms with Crippen molar-refractivity contribution in [3.05, 3.63) is 66.4 Å². The first-order valence-corrected chi connectivity index (χ1v) is 8.44. The summed E-state index contributed by atoms with van der Waals surface area (Å²) < 4.78 is 7.09. The Kier molecular flexibility index (Phi) is 3.31. The highest BCUT2D eigenvalue weighted by Crippen LogP contribution is 2.40. The van der Waals surface area contributed by atoms with Gasteiger partial charge in [-0.2, -0.15) is 0 Å². The van der Waals surface area contributed by atoms with Gasteiger partial charge in [0, 0.05) is 41.8 Å². The molecular weight excluding hydrogens is 330 g/mol. The van der Waals surface area contributed by atoms with Gasteiger partial charge in [0.2, 0.25) is 5.78 Å². The van der Waals surface area contributed by atoms with Gasteiger partial charge < -0.3 is 9.84 Å². The number of fused-ring (bicyclic) bond motifs is 1. The zero-order valence-corrected chi connectivity index (χ0v) is 13.8. The van der Waals surface area contributed by atoms with Crippen LogP contribution in [0.15, 0.2) is 59.5 Å². The zero-order chi connectivity index (χ0) is 17.5. The number of hydrogen-bond acceptors (Lipinski definition) is 5. The standard InChI is InChI=1S/C19H15N5O2/c25-18(15-10-17(26-23-15)13-2-3-13)21-14-6-4-12(5-7-14)16-11-24-9-1-8-20-19(24)22-16/h1,4-11,13H,2-3H2,(H,21,25). The molecule has 128 valence electrons. The van der Waals surface area contributed by atoms with Crippen molar-refractivity contribution in [2.75, 3.05) is 5.32 Å². The normalized spacial score (nSPS) is 13.8. The van der Waals surface area contributed by atoms with Crippen molar-refractivity contribution < 1.29 is 9.32 Å². The Bertz CT molecular complexity index is 1060. The van der Waals surface area contributed by atoms with Crippen LogP contribution in [-0.4, -0.2) is 25.4 Å². The maximum atomic E-state index is 12.3. The van der Waals surface area contributed by atoms with E-state index >= 15 is 0 Å². The monoisotopic (exact) mass is 345 g/mol. The predicted molar refractivity (Wildman–Crippen MR) is 94.9 cm³/mol. The summed E-state index contributed by atoms with van der Waals surface area (Å²) in [5, 5.41) is 6.69. The second kappa shape index (κ2) is 5.80. The van der Waals surface area contributed by atoms with Gasteiger partial charge in [-0.25, -0.2) is 9.97 Å². The number of nitrogens with one attached hydrogen (secondary N) is 1. The van der Waals surface area contributed by atoms with Gasteiger partial charge in [0.15, 0.2) is 5.69 Å². The third-order valence-corrected chi connectivity index (χ3v) is 4.41. The van der Waals surface area contributed by atoms with Crippen molar-refractivity contribution in [2.45, 2.75) is 18.8 Å². The molecule has 5 rings (SSSR count). The molecule has 1 fully saturated rings. The molecule has 0 bridgehead atoms. The zero-order valence-electron chi connectivity index (χ0n) is 13.8. The van der Waals surface area contributed by atoms with Gasteiger partial charge in [0.05, 0.1) is 5.69 Å². The highest BCUT2D eigenvalue weighted by Gasteiger charge is 2.28. The lowest BCUT2D eigenvalue weighted by Gasteiger charge is -2.03. The van der Waals surface area contributed by atoms with Crippen LogP contribution in [-0.2, 0) is 0 Å². The molecule has 3 aromatic heterocycles. The molecule has 1 amide bonds. The molecule has 1 saturated carbocycles. The molecule has 0 saturated heterocycles.